The van der Waals surface area contributed by atoms with Crippen LogP contribution in [0.1, 0.15) is 29.5 Å². The van der Waals surface area contributed by atoms with Crippen molar-refractivity contribution in [1.82, 2.24) is 4.90 Å². The van der Waals surface area contributed by atoms with E-state index in [2.05, 4.69) is 6.07 Å². The third-order valence-electron chi connectivity index (χ3n) is 4.45. The number of halogens is 1. The second-order valence-corrected chi connectivity index (χ2v) is 7.63. The fraction of sp³-hybridized carbons (Fsp3) is 0.211. The van der Waals surface area contributed by atoms with E-state index in [0.29, 0.717) is 11.6 Å². The Morgan fingerprint density at radius 1 is 1.25 bits per heavy atom. The molecule has 24 heavy (non-hydrogen) atoms. The van der Waals surface area contributed by atoms with Crippen molar-refractivity contribution in [3.63, 3.8) is 0 Å². The van der Waals surface area contributed by atoms with Gasteiger partial charge in [-0.2, -0.15) is 0 Å². The number of thioether (sulfide) groups is 1. The second-order valence-electron chi connectivity index (χ2n) is 5.92. The monoisotopic (exact) mass is 357 g/mol. The lowest BCUT2D eigenvalue weighted by Gasteiger charge is -2.34. The van der Waals surface area contributed by atoms with Crippen LogP contribution in [0.25, 0.3) is 11.0 Å². The molecule has 0 saturated carbocycles. The normalized spacial score (nSPS) is 20.2. The van der Waals surface area contributed by atoms with E-state index < -0.39 is 0 Å². The van der Waals surface area contributed by atoms with Gasteiger partial charge in [-0.3, -0.25) is 4.79 Å². The topological polar surface area (TPSA) is 33.5 Å². The van der Waals surface area contributed by atoms with Crippen LogP contribution in [0.4, 0.5) is 0 Å². The van der Waals surface area contributed by atoms with Gasteiger partial charge in [0.25, 0.3) is 0 Å². The predicted molar refractivity (Wildman–Crippen MR) is 97.4 cm³/mol. The van der Waals surface area contributed by atoms with Crippen molar-refractivity contribution >= 4 is 40.7 Å². The van der Waals surface area contributed by atoms with Crippen molar-refractivity contribution in [2.45, 2.75) is 23.1 Å². The van der Waals surface area contributed by atoms with E-state index in [0.717, 1.165) is 28.0 Å². The molecule has 0 bridgehead atoms. The maximum Gasteiger partial charge on any atom is 0.210 e. The predicted octanol–water partition coefficient (Wildman–Crippen LogP) is 5.45. The molecule has 0 aliphatic carbocycles. The van der Waals surface area contributed by atoms with Crippen molar-refractivity contribution in [1.29, 1.82) is 0 Å². The minimum Gasteiger partial charge on any atom is -0.459 e. The summed E-state index contributed by atoms with van der Waals surface area (Å²) in [7, 11) is 0. The Hall–Kier alpha value is -1.91. The molecule has 2 unspecified atom stereocenters. The number of benzene rings is 2. The number of rotatable bonds is 3. The average molecular weight is 358 g/mol. The summed E-state index contributed by atoms with van der Waals surface area (Å²) < 4.78 is 6.09. The van der Waals surface area contributed by atoms with Gasteiger partial charge in [0, 0.05) is 27.4 Å². The number of hydrogen-bond acceptors (Lipinski definition) is 3. The summed E-state index contributed by atoms with van der Waals surface area (Å²) in [6.07, 6.45) is 0.909. The zero-order chi connectivity index (χ0) is 16.7. The van der Waals surface area contributed by atoms with E-state index >= 15 is 0 Å². The Balaban J connectivity index is 1.82. The average Bonchev–Trinajstić information content (AvgIpc) is 2.98. The fourth-order valence-corrected chi connectivity index (χ4v) is 4.80. The Morgan fingerprint density at radius 3 is 2.88 bits per heavy atom. The smallest absolute Gasteiger partial charge is 0.210 e. The lowest BCUT2D eigenvalue weighted by molar-refractivity contribution is -0.120. The molecule has 5 heteroatoms. The summed E-state index contributed by atoms with van der Waals surface area (Å²) in [5.74, 6) is 0.883. The van der Waals surface area contributed by atoms with Crippen LogP contribution in [0.3, 0.4) is 0 Å². The zero-order valence-electron chi connectivity index (χ0n) is 13.1. The number of nitrogens with zero attached hydrogens (tertiary/aromatic N) is 1. The first-order valence-corrected chi connectivity index (χ1v) is 9.07. The molecule has 122 valence electrons. The van der Waals surface area contributed by atoms with Gasteiger partial charge >= 0.3 is 0 Å². The Morgan fingerprint density at radius 2 is 2.08 bits per heavy atom. The van der Waals surface area contributed by atoms with Crippen LogP contribution < -0.4 is 0 Å². The molecule has 1 aliphatic heterocycles. The molecule has 2 atom stereocenters. The van der Waals surface area contributed by atoms with E-state index in [1.807, 2.05) is 49.4 Å². The van der Waals surface area contributed by atoms with E-state index in [4.69, 9.17) is 16.0 Å². The summed E-state index contributed by atoms with van der Waals surface area (Å²) in [5, 5.41) is 1.96. The Kier molecular flexibility index (Phi) is 4.02. The fourth-order valence-electron chi connectivity index (χ4n) is 3.25. The van der Waals surface area contributed by atoms with Crippen LogP contribution in [-0.2, 0) is 4.79 Å². The summed E-state index contributed by atoms with van der Waals surface area (Å²) >= 11 is 7.83. The highest BCUT2D eigenvalue weighted by Crippen LogP contribution is 2.48. The lowest BCUT2D eigenvalue weighted by Crippen LogP contribution is -2.34. The molecule has 0 fully saturated rings. The molecule has 3 aromatic rings. The molecule has 2 heterocycles. The molecule has 0 radical (unpaired) electrons. The molecular formula is C19H16ClNO2S. The number of hydrogen-bond donors (Lipinski definition) is 0. The van der Waals surface area contributed by atoms with Gasteiger partial charge in [0.2, 0.25) is 6.41 Å². The van der Waals surface area contributed by atoms with Crippen LogP contribution >= 0.6 is 23.4 Å². The van der Waals surface area contributed by atoms with Gasteiger partial charge < -0.3 is 9.32 Å². The van der Waals surface area contributed by atoms with Gasteiger partial charge in [0.1, 0.15) is 11.3 Å². The second kappa shape index (κ2) is 6.19. The lowest BCUT2D eigenvalue weighted by atomic mass is 9.99. The first kappa shape index (κ1) is 15.6. The maximum atomic E-state index is 11.5. The van der Waals surface area contributed by atoms with Crippen molar-refractivity contribution in [3.05, 3.63) is 64.9 Å². The van der Waals surface area contributed by atoms with Crippen LogP contribution in [0.15, 0.2) is 57.8 Å². The van der Waals surface area contributed by atoms with Crippen molar-refractivity contribution in [2.24, 2.45) is 0 Å². The molecular weight excluding hydrogens is 342 g/mol. The van der Waals surface area contributed by atoms with Crippen molar-refractivity contribution in [2.75, 3.05) is 6.54 Å². The molecule has 1 aliphatic rings. The Bertz CT molecular complexity index is 907. The molecule has 1 aromatic heterocycles. The largest absolute Gasteiger partial charge is 0.459 e. The van der Waals surface area contributed by atoms with Crippen LogP contribution in [0.5, 0.6) is 0 Å². The minimum absolute atomic E-state index is 0.0545. The summed E-state index contributed by atoms with van der Waals surface area (Å²) in [4.78, 5) is 14.4. The zero-order valence-corrected chi connectivity index (χ0v) is 14.7. The Labute approximate surface area is 149 Å². The summed E-state index contributed by atoms with van der Waals surface area (Å²) in [6.45, 7) is 2.66. The molecule has 1 amide bonds. The van der Waals surface area contributed by atoms with Gasteiger partial charge in [-0.05, 0) is 31.2 Å². The van der Waals surface area contributed by atoms with Crippen molar-refractivity contribution < 1.29 is 9.21 Å². The van der Waals surface area contributed by atoms with Gasteiger partial charge in [-0.25, -0.2) is 0 Å². The highest BCUT2D eigenvalue weighted by molar-refractivity contribution is 7.99. The molecule has 0 N–H and O–H groups in total. The highest BCUT2D eigenvalue weighted by atomic mass is 35.5. The van der Waals surface area contributed by atoms with Gasteiger partial charge in [-0.1, -0.05) is 35.9 Å². The number of amides is 1. The van der Waals surface area contributed by atoms with E-state index in [1.54, 1.807) is 16.7 Å². The third kappa shape index (κ3) is 2.60. The molecule has 0 saturated heterocycles. The van der Waals surface area contributed by atoms with Crippen LogP contribution in [0.2, 0.25) is 5.02 Å². The number of para-hydroxylation sites is 1. The van der Waals surface area contributed by atoms with Crippen molar-refractivity contribution in [3.8, 4) is 0 Å². The number of fused-ring (bicyclic) bond motifs is 3. The quantitative estimate of drug-likeness (QED) is 0.584. The van der Waals surface area contributed by atoms with Gasteiger partial charge in [-0.15, -0.1) is 11.8 Å². The molecule has 3 nitrogen and oxygen atoms in total. The standard InChI is InChI=1S/C19H16ClNO2S/c1-12-19-18(15-7-2-3-8-16(15)23-19)17(10-21(12)11-22)24-14-6-4-5-13(20)9-14/h2-9,11-12,17H,10H2,1H3. The molecule has 4 rings (SSSR count). The third-order valence-corrected chi connectivity index (χ3v) is 5.88. The molecule has 0 spiro atoms. The number of carbonyl (C=O) groups excluding carboxylic acids is 1. The van der Waals surface area contributed by atoms with E-state index in [-0.39, 0.29) is 11.3 Å². The maximum absolute atomic E-state index is 11.5. The first-order valence-electron chi connectivity index (χ1n) is 7.82. The molecule has 2 aromatic carbocycles. The van der Waals surface area contributed by atoms with E-state index in [9.17, 15) is 4.79 Å². The van der Waals surface area contributed by atoms with Crippen LogP contribution in [-0.4, -0.2) is 17.9 Å². The summed E-state index contributed by atoms with van der Waals surface area (Å²) in [6, 6.07) is 15.8. The van der Waals surface area contributed by atoms with E-state index in [1.165, 1.54) is 5.56 Å². The number of carbonyl (C=O) groups is 1. The number of furan rings is 1. The minimum atomic E-state index is -0.0545. The summed E-state index contributed by atoms with van der Waals surface area (Å²) in [5.41, 5.74) is 2.07. The van der Waals surface area contributed by atoms with Gasteiger partial charge in [0.15, 0.2) is 0 Å². The van der Waals surface area contributed by atoms with Gasteiger partial charge in [0.05, 0.1) is 11.3 Å². The first-order chi connectivity index (χ1) is 11.7. The highest BCUT2D eigenvalue weighted by Gasteiger charge is 2.35. The van der Waals surface area contributed by atoms with Crippen LogP contribution in [0, 0.1) is 0 Å². The SMILES string of the molecule is CC1c2oc3ccccc3c2C(Sc2cccc(Cl)c2)CN1C=O.